The van der Waals surface area contributed by atoms with E-state index < -0.39 is 5.60 Å². The van der Waals surface area contributed by atoms with Crippen LogP contribution in [0.4, 0.5) is 0 Å². The third-order valence-electron chi connectivity index (χ3n) is 4.35. The van der Waals surface area contributed by atoms with Gasteiger partial charge in [-0.25, -0.2) is 9.98 Å². The first kappa shape index (κ1) is 19.4. The van der Waals surface area contributed by atoms with E-state index in [-0.39, 0.29) is 0 Å². The van der Waals surface area contributed by atoms with Crippen LogP contribution < -0.4 is 10.6 Å². The molecule has 0 aliphatic rings. The van der Waals surface area contributed by atoms with Gasteiger partial charge in [0.25, 0.3) is 0 Å². The van der Waals surface area contributed by atoms with E-state index in [0.717, 1.165) is 54.3 Å². The second kappa shape index (κ2) is 9.01. The number of nitrogens with one attached hydrogen (secondary N) is 3. The molecule has 0 bridgehead atoms. The highest BCUT2D eigenvalue weighted by molar-refractivity contribution is 7.08. The fourth-order valence-corrected chi connectivity index (χ4v) is 3.61. The third kappa shape index (κ3) is 5.30. The maximum absolute atomic E-state index is 10.6. The van der Waals surface area contributed by atoms with E-state index in [1.165, 1.54) is 0 Å². The van der Waals surface area contributed by atoms with Gasteiger partial charge >= 0.3 is 0 Å². The Bertz CT molecular complexity index is 837. The van der Waals surface area contributed by atoms with Crippen LogP contribution in [0, 0.1) is 0 Å². The maximum atomic E-state index is 10.6. The molecule has 4 N–H and O–H groups in total. The molecule has 1 aromatic carbocycles. The summed E-state index contributed by atoms with van der Waals surface area (Å²) in [5.41, 5.74) is 2.02. The molecule has 0 saturated carbocycles. The first-order valence-corrected chi connectivity index (χ1v) is 10.2. The van der Waals surface area contributed by atoms with Crippen LogP contribution in [0.1, 0.15) is 31.7 Å². The van der Waals surface area contributed by atoms with Crippen LogP contribution in [0.3, 0.4) is 0 Å². The monoisotopic (exact) mass is 385 g/mol. The van der Waals surface area contributed by atoms with Crippen molar-refractivity contribution in [3.63, 3.8) is 0 Å². The van der Waals surface area contributed by atoms with Gasteiger partial charge in [-0.05, 0) is 54.8 Å². The van der Waals surface area contributed by atoms with Gasteiger partial charge in [0.15, 0.2) is 5.96 Å². The highest BCUT2D eigenvalue weighted by atomic mass is 32.1. The molecule has 2 aromatic heterocycles. The summed E-state index contributed by atoms with van der Waals surface area (Å²) >= 11 is 1.58. The van der Waals surface area contributed by atoms with E-state index in [9.17, 15) is 5.11 Å². The van der Waals surface area contributed by atoms with Crippen LogP contribution in [-0.4, -0.2) is 40.7 Å². The Labute approximate surface area is 163 Å². The number of hydrogen-bond donors (Lipinski definition) is 4. The van der Waals surface area contributed by atoms with Crippen molar-refractivity contribution in [1.82, 2.24) is 20.6 Å². The summed E-state index contributed by atoms with van der Waals surface area (Å²) < 4.78 is 0. The summed E-state index contributed by atoms with van der Waals surface area (Å²) in [6.45, 7) is 5.69. The number of aromatic nitrogens is 2. The molecule has 2 heterocycles. The zero-order valence-electron chi connectivity index (χ0n) is 15.8. The van der Waals surface area contributed by atoms with Crippen molar-refractivity contribution in [3.05, 3.63) is 52.5 Å². The number of aliphatic hydroxyl groups is 1. The molecule has 1 unspecified atom stereocenters. The number of fused-ring (bicyclic) bond motifs is 1. The van der Waals surface area contributed by atoms with Crippen molar-refractivity contribution in [3.8, 4) is 0 Å². The summed E-state index contributed by atoms with van der Waals surface area (Å²) in [5.74, 6) is 1.72. The Morgan fingerprint density at radius 3 is 2.89 bits per heavy atom. The molecular formula is C20H27N5OS. The molecular weight excluding hydrogens is 358 g/mol. The van der Waals surface area contributed by atoms with Crippen molar-refractivity contribution >= 4 is 28.3 Å². The summed E-state index contributed by atoms with van der Waals surface area (Å²) in [4.78, 5) is 12.5. The van der Waals surface area contributed by atoms with Crippen molar-refractivity contribution in [2.75, 3.05) is 19.6 Å². The topological polar surface area (TPSA) is 85.3 Å². The zero-order valence-corrected chi connectivity index (χ0v) is 16.6. The Morgan fingerprint density at radius 1 is 1.30 bits per heavy atom. The normalized spacial score (nSPS) is 14.3. The number of para-hydroxylation sites is 2. The first-order valence-electron chi connectivity index (χ1n) is 9.29. The van der Waals surface area contributed by atoms with Crippen molar-refractivity contribution < 1.29 is 5.11 Å². The van der Waals surface area contributed by atoms with Gasteiger partial charge in [-0.2, -0.15) is 11.3 Å². The molecule has 144 valence electrons. The fourth-order valence-electron chi connectivity index (χ4n) is 2.82. The number of hydrogen-bond acceptors (Lipinski definition) is 4. The van der Waals surface area contributed by atoms with Crippen molar-refractivity contribution in [2.45, 2.75) is 32.3 Å². The van der Waals surface area contributed by atoms with Crippen molar-refractivity contribution in [1.29, 1.82) is 0 Å². The third-order valence-corrected chi connectivity index (χ3v) is 5.04. The Morgan fingerprint density at radius 2 is 2.15 bits per heavy atom. The van der Waals surface area contributed by atoms with Gasteiger partial charge in [-0.1, -0.05) is 12.1 Å². The first-order chi connectivity index (χ1) is 13.1. The summed E-state index contributed by atoms with van der Waals surface area (Å²) in [7, 11) is 0. The summed E-state index contributed by atoms with van der Waals surface area (Å²) in [6, 6.07) is 10.0. The smallest absolute Gasteiger partial charge is 0.191 e. The number of imidazole rings is 1. The second-order valence-corrected chi connectivity index (χ2v) is 7.49. The maximum Gasteiger partial charge on any atom is 0.191 e. The Hall–Kier alpha value is -2.38. The molecule has 0 saturated heterocycles. The van der Waals surface area contributed by atoms with E-state index >= 15 is 0 Å². The van der Waals surface area contributed by atoms with Gasteiger partial charge in [0.2, 0.25) is 0 Å². The summed E-state index contributed by atoms with van der Waals surface area (Å²) in [6.07, 6.45) is 1.80. The highest BCUT2D eigenvalue weighted by Gasteiger charge is 2.23. The van der Waals surface area contributed by atoms with E-state index in [1.807, 2.05) is 48.0 Å². The molecule has 7 heteroatoms. The minimum Gasteiger partial charge on any atom is -0.383 e. The van der Waals surface area contributed by atoms with Crippen LogP contribution >= 0.6 is 11.3 Å². The average Bonchev–Trinajstić information content (AvgIpc) is 3.32. The van der Waals surface area contributed by atoms with Crippen molar-refractivity contribution in [2.24, 2.45) is 4.99 Å². The molecule has 0 aliphatic carbocycles. The SMILES string of the molecule is CCNC(=NCC(C)(O)c1ccsc1)NCCCc1nc2ccccc2[nH]1. The quantitative estimate of drug-likeness (QED) is 0.273. The molecule has 1 atom stereocenters. The largest absolute Gasteiger partial charge is 0.383 e. The van der Waals surface area contributed by atoms with Gasteiger partial charge in [-0.15, -0.1) is 0 Å². The molecule has 0 aliphatic heterocycles. The number of guanidine groups is 1. The van der Waals surface area contributed by atoms with Gasteiger partial charge in [-0.3, -0.25) is 0 Å². The fraction of sp³-hybridized carbons (Fsp3) is 0.400. The molecule has 6 nitrogen and oxygen atoms in total. The molecule has 0 radical (unpaired) electrons. The van der Waals surface area contributed by atoms with Gasteiger partial charge < -0.3 is 20.7 Å². The van der Waals surface area contributed by atoms with Crippen LogP contribution in [-0.2, 0) is 12.0 Å². The number of nitrogens with zero attached hydrogens (tertiary/aromatic N) is 2. The van der Waals surface area contributed by atoms with Gasteiger partial charge in [0, 0.05) is 19.5 Å². The molecule has 0 fully saturated rings. The lowest BCUT2D eigenvalue weighted by Gasteiger charge is -2.21. The van der Waals surface area contributed by atoms with E-state index in [1.54, 1.807) is 18.3 Å². The zero-order chi connectivity index (χ0) is 19.1. The predicted octanol–water partition coefficient (Wildman–Crippen LogP) is 3.02. The molecule has 3 rings (SSSR count). The molecule has 27 heavy (non-hydrogen) atoms. The van der Waals surface area contributed by atoms with Gasteiger partial charge in [0.05, 0.1) is 17.6 Å². The number of aryl methyl sites for hydroxylation is 1. The van der Waals surface area contributed by atoms with E-state index in [4.69, 9.17) is 0 Å². The predicted molar refractivity (Wildman–Crippen MR) is 112 cm³/mol. The lowest BCUT2D eigenvalue weighted by atomic mass is 10.00. The Kier molecular flexibility index (Phi) is 6.47. The van der Waals surface area contributed by atoms with Crippen LogP contribution in [0.2, 0.25) is 0 Å². The molecule has 3 aromatic rings. The van der Waals surface area contributed by atoms with Crippen LogP contribution in [0.15, 0.2) is 46.1 Å². The average molecular weight is 386 g/mol. The highest BCUT2D eigenvalue weighted by Crippen LogP contribution is 2.23. The van der Waals surface area contributed by atoms with E-state index in [0.29, 0.717) is 6.54 Å². The number of aromatic amines is 1. The number of H-pyrrole nitrogens is 1. The van der Waals surface area contributed by atoms with Crippen LogP contribution in [0.25, 0.3) is 11.0 Å². The van der Waals surface area contributed by atoms with Crippen LogP contribution in [0.5, 0.6) is 0 Å². The second-order valence-electron chi connectivity index (χ2n) is 6.71. The number of rotatable bonds is 8. The lowest BCUT2D eigenvalue weighted by molar-refractivity contribution is 0.0677. The molecule has 0 spiro atoms. The van der Waals surface area contributed by atoms with Gasteiger partial charge in [0.1, 0.15) is 11.4 Å². The molecule has 0 amide bonds. The number of thiophene rings is 1. The van der Waals surface area contributed by atoms with E-state index in [2.05, 4.69) is 25.6 Å². The minimum atomic E-state index is -0.962. The standard InChI is InChI=1S/C20H27N5OS/c1-3-21-19(23-14-20(2,26)15-10-12-27-13-15)22-11-6-9-18-24-16-7-4-5-8-17(16)25-18/h4-5,7-8,10,12-13,26H,3,6,9,11,14H2,1-2H3,(H,24,25)(H2,21,22,23). The lowest BCUT2D eigenvalue weighted by Crippen LogP contribution is -2.39. The Balaban J connectivity index is 1.50. The number of aliphatic imine (C=N–C) groups is 1. The number of benzene rings is 1. The summed E-state index contributed by atoms with van der Waals surface area (Å²) in [5, 5.41) is 21.1. The minimum absolute atomic E-state index is 0.308.